The second-order valence-corrected chi connectivity index (χ2v) is 14.1. The number of hydrogen-bond acceptors (Lipinski definition) is 8. The van der Waals surface area contributed by atoms with Crippen molar-refractivity contribution in [2.75, 3.05) is 13.2 Å². The summed E-state index contributed by atoms with van der Waals surface area (Å²) < 4.78 is 11.0. The minimum Gasteiger partial charge on any atom is -0.394 e. The third-order valence-electron chi connectivity index (χ3n) is 9.68. The van der Waals surface area contributed by atoms with Crippen LogP contribution in [0.1, 0.15) is 181 Å². The highest BCUT2D eigenvalue weighted by molar-refractivity contribution is 5.76. The molecule has 1 heterocycles. The Labute approximate surface area is 287 Å². The first-order valence-corrected chi connectivity index (χ1v) is 19.7. The van der Waals surface area contributed by atoms with Gasteiger partial charge in [-0.05, 0) is 12.8 Å². The van der Waals surface area contributed by atoms with Gasteiger partial charge >= 0.3 is 0 Å². The monoisotopic (exact) mass is 674 g/mol. The molecule has 0 saturated carbocycles. The fraction of sp³-hybridized carbons (Fsp3) is 0.974. The summed E-state index contributed by atoms with van der Waals surface area (Å²) >= 11 is 0. The van der Waals surface area contributed by atoms with Crippen LogP contribution in [0.2, 0.25) is 0 Å². The highest BCUT2D eigenvalue weighted by atomic mass is 16.7. The van der Waals surface area contributed by atoms with Gasteiger partial charge < -0.3 is 40.3 Å². The van der Waals surface area contributed by atoms with E-state index < -0.39 is 49.5 Å². The van der Waals surface area contributed by atoms with E-state index in [0.29, 0.717) is 19.3 Å². The van der Waals surface area contributed by atoms with E-state index in [1.807, 2.05) is 6.92 Å². The van der Waals surface area contributed by atoms with Gasteiger partial charge in [0.15, 0.2) is 6.29 Å². The fourth-order valence-corrected chi connectivity index (χ4v) is 6.50. The molecule has 1 aliphatic rings. The van der Waals surface area contributed by atoms with Crippen LogP contribution in [0.4, 0.5) is 0 Å². The Balaban J connectivity index is 2.06. The van der Waals surface area contributed by atoms with Crippen LogP contribution in [0.25, 0.3) is 0 Å². The van der Waals surface area contributed by atoms with Crippen LogP contribution in [-0.2, 0) is 14.3 Å². The van der Waals surface area contributed by atoms with E-state index in [4.69, 9.17) is 9.47 Å². The highest BCUT2D eigenvalue weighted by Gasteiger charge is 2.44. The first-order valence-electron chi connectivity index (χ1n) is 19.7. The summed E-state index contributed by atoms with van der Waals surface area (Å²) in [5.74, 6) is -0.196. The Bertz CT molecular complexity index is 711. The van der Waals surface area contributed by atoms with Gasteiger partial charge in [-0.2, -0.15) is 0 Å². The van der Waals surface area contributed by atoms with Crippen molar-refractivity contribution in [2.24, 2.45) is 0 Å². The van der Waals surface area contributed by atoms with Crippen molar-refractivity contribution >= 4 is 5.91 Å². The molecule has 0 aliphatic carbocycles. The van der Waals surface area contributed by atoms with Gasteiger partial charge in [0.2, 0.25) is 5.91 Å². The number of hydrogen-bond donors (Lipinski definition) is 6. The Kier molecular flexibility index (Phi) is 28.3. The van der Waals surface area contributed by atoms with Crippen molar-refractivity contribution in [3.63, 3.8) is 0 Å². The van der Waals surface area contributed by atoms with Crippen LogP contribution in [0, 0.1) is 0 Å². The summed E-state index contributed by atoms with van der Waals surface area (Å²) in [7, 11) is 0. The van der Waals surface area contributed by atoms with E-state index in [1.165, 1.54) is 128 Å². The third-order valence-corrected chi connectivity index (χ3v) is 9.68. The van der Waals surface area contributed by atoms with E-state index >= 15 is 0 Å². The summed E-state index contributed by atoms with van der Waals surface area (Å²) in [5, 5.41) is 53.3. The number of aliphatic hydroxyl groups is 5. The Morgan fingerprint density at radius 2 is 1.06 bits per heavy atom. The lowest BCUT2D eigenvalue weighted by atomic mass is 9.99. The van der Waals surface area contributed by atoms with Crippen molar-refractivity contribution < 1.29 is 39.8 Å². The number of carbonyl (C=O) groups is 1. The molecule has 0 aromatic carbocycles. The molecule has 0 bridgehead atoms. The smallest absolute Gasteiger partial charge is 0.220 e. The number of carbonyl (C=O) groups excluding carboxylic acids is 1. The average Bonchev–Trinajstić information content (AvgIpc) is 3.06. The predicted molar refractivity (Wildman–Crippen MR) is 189 cm³/mol. The number of unbranched alkanes of at least 4 members (excludes halogenated alkanes) is 22. The maximum absolute atomic E-state index is 12.3. The quantitative estimate of drug-likeness (QED) is 0.0426. The van der Waals surface area contributed by atoms with Crippen molar-refractivity contribution in [1.82, 2.24) is 5.32 Å². The summed E-state index contributed by atoms with van der Waals surface area (Å²) in [5.41, 5.74) is 0. The van der Waals surface area contributed by atoms with Crippen LogP contribution in [0.15, 0.2) is 0 Å². The number of amides is 1. The van der Waals surface area contributed by atoms with Gasteiger partial charge in [0.1, 0.15) is 24.4 Å². The molecular formula is C38H75NO8. The molecule has 0 radical (unpaired) electrons. The minimum atomic E-state index is -1.54. The molecule has 1 aliphatic heterocycles. The van der Waals surface area contributed by atoms with Crippen molar-refractivity contribution in [3.05, 3.63) is 0 Å². The van der Waals surface area contributed by atoms with Crippen LogP contribution in [-0.4, -0.2) is 87.5 Å². The normalized spacial score (nSPS) is 22.7. The van der Waals surface area contributed by atoms with Crippen LogP contribution < -0.4 is 5.32 Å². The predicted octanol–water partition coefficient (Wildman–Crippen LogP) is 6.83. The molecular weight excluding hydrogens is 598 g/mol. The van der Waals surface area contributed by atoms with Gasteiger partial charge in [0, 0.05) is 6.42 Å². The van der Waals surface area contributed by atoms with E-state index in [0.717, 1.165) is 19.3 Å². The zero-order valence-corrected chi connectivity index (χ0v) is 30.3. The average molecular weight is 674 g/mol. The maximum Gasteiger partial charge on any atom is 0.220 e. The number of rotatable bonds is 32. The van der Waals surface area contributed by atoms with Gasteiger partial charge in [-0.1, -0.05) is 162 Å². The molecule has 0 aromatic heterocycles. The Morgan fingerprint density at radius 3 is 1.47 bits per heavy atom. The van der Waals surface area contributed by atoms with E-state index in [1.54, 1.807) is 0 Å². The molecule has 0 spiro atoms. The largest absolute Gasteiger partial charge is 0.394 e. The molecule has 1 saturated heterocycles. The molecule has 7 atom stereocenters. The van der Waals surface area contributed by atoms with Gasteiger partial charge in [-0.15, -0.1) is 0 Å². The van der Waals surface area contributed by atoms with Gasteiger partial charge in [0.05, 0.1) is 25.4 Å². The van der Waals surface area contributed by atoms with Crippen molar-refractivity contribution in [2.45, 2.75) is 224 Å². The zero-order valence-electron chi connectivity index (χ0n) is 30.3. The number of nitrogens with one attached hydrogen (secondary N) is 1. The molecule has 0 aromatic rings. The second-order valence-electron chi connectivity index (χ2n) is 14.1. The van der Waals surface area contributed by atoms with Gasteiger partial charge in [-0.25, -0.2) is 0 Å². The lowest BCUT2D eigenvalue weighted by molar-refractivity contribution is -0.302. The van der Waals surface area contributed by atoms with Crippen molar-refractivity contribution in [1.29, 1.82) is 0 Å². The van der Waals surface area contributed by atoms with Crippen molar-refractivity contribution in [3.8, 4) is 0 Å². The summed E-state index contributed by atoms with van der Waals surface area (Å²) in [6, 6.07) is -0.707. The second kappa shape index (κ2) is 30.1. The standard InChI is InChI=1S/C38H75NO8/c1-3-5-6-7-8-9-10-11-12-13-14-15-16-17-18-19-20-21-22-23-24-25-26-28-32(41)31(39-34(42)27-4-2)30-46-38-37(45)36(44)35(43)33(29-40)47-38/h31-33,35-38,40-41,43-45H,3-30H2,1-2H3,(H,39,42). The lowest BCUT2D eigenvalue weighted by Gasteiger charge is -2.40. The number of aliphatic hydroxyl groups excluding tert-OH is 5. The zero-order chi connectivity index (χ0) is 34.5. The molecule has 6 N–H and O–H groups in total. The van der Waals surface area contributed by atoms with Gasteiger partial charge in [-0.3, -0.25) is 4.79 Å². The summed E-state index contributed by atoms with van der Waals surface area (Å²) in [6.07, 6.45) is 24.3. The first-order chi connectivity index (χ1) is 22.8. The van der Waals surface area contributed by atoms with E-state index in [9.17, 15) is 30.3 Å². The first kappa shape index (κ1) is 44.2. The topological polar surface area (TPSA) is 149 Å². The number of ether oxygens (including phenoxy) is 2. The Hall–Kier alpha value is -0.810. The molecule has 9 heteroatoms. The third kappa shape index (κ3) is 21.8. The van der Waals surface area contributed by atoms with Crippen LogP contribution >= 0.6 is 0 Å². The van der Waals surface area contributed by atoms with Gasteiger partial charge in [0.25, 0.3) is 0 Å². The Morgan fingerprint density at radius 1 is 0.638 bits per heavy atom. The molecule has 1 rings (SSSR count). The summed E-state index contributed by atoms with van der Waals surface area (Å²) in [4.78, 5) is 12.3. The molecule has 47 heavy (non-hydrogen) atoms. The molecule has 1 amide bonds. The highest BCUT2D eigenvalue weighted by Crippen LogP contribution is 2.23. The lowest BCUT2D eigenvalue weighted by Crippen LogP contribution is -2.60. The molecule has 1 fully saturated rings. The molecule has 9 nitrogen and oxygen atoms in total. The van der Waals surface area contributed by atoms with E-state index in [2.05, 4.69) is 12.2 Å². The van der Waals surface area contributed by atoms with Crippen LogP contribution in [0.5, 0.6) is 0 Å². The molecule has 7 unspecified atom stereocenters. The fourth-order valence-electron chi connectivity index (χ4n) is 6.50. The maximum atomic E-state index is 12.3. The van der Waals surface area contributed by atoms with Crippen LogP contribution in [0.3, 0.4) is 0 Å². The minimum absolute atomic E-state index is 0.140. The SMILES string of the molecule is CCCCCCCCCCCCCCCCCCCCCCCCCC(O)C(COC1OC(CO)C(O)C(O)C1O)NC(=O)CCC. The molecule has 280 valence electrons. The summed E-state index contributed by atoms with van der Waals surface area (Å²) in [6.45, 7) is 3.49. The van der Waals surface area contributed by atoms with E-state index in [-0.39, 0.29) is 12.5 Å².